The van der Waals surface area contributed by atoms with Gasteiger partial charge in [0.05, 0.1) is 5.56 Å². The molecule has 0 fully saturated rings. The average molecular weight is 247 g/mol. The fraction of sp³-hybridized carbons (Fsp3) is 0.100. The number of aromatic amines is 1. The van der Waals surface area contributed by atoms with Gasteiger partial charge in [0.1, 0.15) is 0 Å². The summed E-state index contributed by atoms with van der Waals surface area (Å²) in [6.45, 7) is 1.67. The third-order valence-electron chi connectivity index (χ3n) is 2.27. The van der Waals surface area contributed by atoms with Crippen LogP contribution < -0.4 is 5.32 Å². The van der Waals surface area contributed by atoms with E-state index < -0.39 is 11.9 Å². The zero-order chi connectivity index (χ0) is 13.1. The first-order chi connectivity index (χ1) is 8.58. The molecule has 1 aromatic carbocycles. The second-order valence-corrected chi connectivity index (χ2v) is 3.52. The zero-order valence-electron chi connectivity index (χ0n) is 9.34. The van der Waals surface area contributed by atoms with Crippen molar-refractivity contribution in [3.05, 3.63) is 35.2 Å². The summed E-state index contributed by atoms with van der Waals surface area (Å²) in [5, 5.41) is 23.9. The van der Waals surface area contributed by atoms with Crippen LogP contribution in [0, 0.1) is 6.92 Å². The highest BCUT2D eigenvalue weighted by molar-refractivity contribution is 6.02. The first-order valence-corrected chi connectivity index (χ1v) is 4.96. The van der Waals surface area contributed by atoms with Crippen LogP contribution in [0.5, 0.6) is 0 Å². The number of carboxylic acids is 1. The van der Waals surface area contributed by atoms with E-state index in [1.165, 1.54) is 6.07 Å². The highest BCUT2D eigenvalue weighted by atomic mass is 16.4. The maximum atomic E-state index is 11.6. The van der Waals surface area contributed by atoms with Gasteiger partial charge in [0.25, 0.3) is 11.7 Å². The number of benzene rings is 1. The maximum absolute atomic E-state index is 11.6. The van der Waals surface area contributed by atoms with Gasteiger partial charge in [-0.15, -0.1) is 10.2 Å². The summed E-state index contributed by atoms with van der Waals surface area (Å²) in [5.74, 6) is -1.74. The SMILES string of the molecule is Cc1ccc(NC(=O)c2nn[nH]n2)cc1C(=O)O. The predicted octanol–water partition coefficient (Wildman–Crippen LogP) is 0.459. The Hall–Kier alpha value is -2.77. The summed E-state index contributed by atoms with van der Waals surface area (Å²) in [4.78, 5) is 22.5. The van der Waals surface area contributed by atoms with Crippen molar-refractivity contribution in [2.24, 2.45) is 0 Å². The van der Waals surface area contributed by atoms with E-state index in [1.807, 2.05) is 0 Å². The lowest BCUT2D eigenvalue weighted by Gasteiger charge is -2.05. The Balaban J connectivity index is 2.22. The van der Waals surface area contributed by atoms with Gasteiger partial charge in [-0.2, -0.15) is 5.21 Å². The van der Waals surface area contributed by atoms with Crippen molar-refractivity contribution in [2.75, 3.05) is 5.32 Å². The molecule has 2 aromatic rings. The minimum atomic E-state index is -1.05. The van der Waals surface area contributed by atoms with Crippen molar-refractivity contribution in [1.82, 2.24) is 20.6 Å². The number of carbonyl (C=O) groups is 2. The molecule has 1 heterocycles. The number of hydrogen-bond acceptors (Lipinski definition) is 5. The lowest BCUT2D eigenvalue weighted by Crippen LogP contribution is -2.14. The molecule has 0 atom stereocenters. The van der Waals surface area contributed by atoms with Crippen molar-refractivity contribution < 1.29 is 14.7 Å². The van der Waals surface area contributed by atoms with Gasteiger partial charge >= 0.3 is 5.97 Å². The Bertz CT molecular complexity index is 594. The van der Waals surface area contributed by atoms with Crippen LogP contribution in [-0.2, 0) is 0 Å². The number of aromatic carboxylic acids is 1. The van der Waals surface area contributed by atoms with E-state index in [1.54, 1.807) is 19.1 Å². The van der Waals surface area contributed by atoms with Crippen LogP contribution in [0.15, 0.2) is 18.2 Å². The molecular weight excluding hydrogens is 238 g/mol. The van der Waals surface area contributed by atoms with Crippen LogP contribution in [0.1, 0.15) is 26.5 Å². The quantitative estimate of drug-likeness (QED) is 0.724. The van der Waals surface area contributed by atoms with E-state index >= 15 is 0 Å². The molecule has 8 heteroatoms. The largest absolute Gasteiger partial charge is 0.478 e. The standard InChI is InChI=1S/C10H9N5O3/c1-5-2-3-6(4-7(5)10(17)18)11-9(16)8-12-14-15-13-8/h2-4H,1H3,(H,11,16)(H,17,18)(H,12,13,14,15). The molecule has 0 unspecified atom stereocenters. The molecule has 1 aromatic heterocycles. The van der Waals surface area contributed by atoms with Gasteiger partial charge in [-0.1, -0.05) is 6.07 Å². The maximum Gasteiger partial charge on any atom is 0.336 e. The van der Waals surface area contributed by atoms with Crippen LogP contribution in [0.3, 0.4) is 0 Å². The number of nitrogens with zero attached hydrogens (tertiary/aromatic N) is 3. The van der Waals surface area contributed by atoms with Crippen LogP contribution in [0.2, 0.25) is 0 Å². The molecule has 0 aliphatic rings. The molecule has 0 saturated heterocycles. The predicted molar refractivity (Wildman–Crippen MR) is 60.3 cm³/mol. The number of anilines is 1. The first kappa shape index (κ1) is 11.7. The number of hydrogen-bond donors (Lipinski definition) is 3. The minimum Gasteiger partial charge on any atom is -0.478 e. The second-order valence-electron chi connectivity index (χ2n) is 3.52. The number of nitrogens with one attached hydrogen (secondary N) is 2. The van der Waals surface area contributed by atoms with Gasteiger partial charge in [-0.25, -0.2) is 4.79 Å². The summed E-state index contributed by atoms with van der Waals surface area (Å²) < 4.78 is 0. The number of amides is 1. The fourth-order valence-electron chi connectivity index (χ4n) is 1.38. The number of H-pyrrole nitrogens is 1. The molecule has 3 N–H and O–H groups in total. The van der Waals surface area contributed by atoms with E-state index in [4.69, 9.17) is 5.11 Å². The van der Waals surface area contributed by atoms with Crippen LogP contribution >= 0.6 is 0 Å². The average Bonchev–Trinajstić information content (AvgIpc) is 2.85. The number of carbonyl (C=O) groups excluding carboxylic acids is 1. The van der Waals surface area contributed by atoms with Crippen molar-refractivity contribution in [1.29, 1.82) is 0 Å². The normalized spacial score (nSPS) is 10.1. The van der Waals surface area contributed by atoms with Crippen molar-refractivity contribution in [2.45, 2.75) is 6.92 Å². The number of tetrazole rings is 1. The minimum absolute atomic E-state index is 0.118. The highest BCUT2D eigenvalue weighted by Gasteiger charge is 2.13. The Kier molecular flexibility index (Phi) is 3.00. The van der Waals surface area contributed by atoms with Crippen LogP contribution in [-0.4, -0.2) is 37.6 Å². The summed E-state index contributed by atoms with van der Waals surface area (Å²) in [6, 6.07) is 4.57. The van der Waals surface area contributed by atoms with Crippen molar-refractivity contribution in [3.8, 4) is 0 Å². The van der Waals surface area contributed by atoms with E-state index in [0.717, 1.165) is 0 Å². The number of rotatable bonds is 3. The third kappa shape index (κ3) is 2.32. The molecule has 8 nitrogen and oxygen atoms in total. The number of aromatic nitrogens is 4. The molecule has 0 aliphatic carbocycles. The van der Waals surface area contributed by atoms with Gasteiger partial charge < -0.3 is 10.4 Å². The van der Waals surface area contributed by atoms with Gasteiger partial charge in [0.2, 0.25) is 0 Å². The number of carboxylic acid groups (broad SMARTS) is 1. The second kappa shape index (κ2) is 4.62. The molecule has 0 spiro atoms. The van der Waals surface area contributed by atoms with E-state index in [9.17, 15) is 9.59 Å². The topological polar surface area (TPSA) is 121 Å². The van der Waals surface area contributed by atoms with E-state index in [2.05, 4.69) is 25.9 Å². The lowest BCUT2D eigenvalue weighted by atomic mass is 10.1. The van der Waals surface area contributed by atoms with Gasteiger partial charge in [0.15, 0.2) is 0 Å². The smallest absolute Gasteiger partial charge is 0.336 e. The Morgan fingerprint density at radius 1 is 1.39 bits per heavy atom. The highest BCUT2D eigenvalue weighted by Crippen LogP contribution is 2.15. The molecule has 92 valence electrons. The molecular formula is C10H9N5O3. The molecule has 0 radical (unpaired) electrons. The van der Waals surface area contributed by atoms with Crippen LogP contribution in [0.4, 0.5) is 5.69 Å². The fourth-order valence-corrected chi connectivity index (χ4v) is 1.38. The van der Waals surface area contributed by atoms with Crippen molar-refractivity contribution in [3.63, 3.8) is 0 Å². The van der Waals surface area contributed by atoms with E-state index in [-0.39, 0.29) is 11.4 Å². The zero-order valence-corrected chi connectivity index (χ0v) is 9.34. The monoisotopic (exact) mass is 247 g/mol. The van der Waals surface area contributed by atoms with Gasteiger partial charge in [-0.3, -0.25) is 4.79 Å². The summed E-state index contributed by atoms with van der Waals surface area (Å²) >= 11 is 0. The third-order valence-corrected chi connectivity index (χ3v) is 2.27. The molecule has 1 amide bonds. The summed E-state index contributed by atoms with van der Waals surface area (Å²) in [5.41, 5.74) is 1.09. The molecule has 2 rings (SSSR count). The lowest BCUT2D eigenvalue weighted by molar-refractivity contribution is 0.0695. The molecule has 0 bridgehead atoms. The van der Waals surface area contributed by atoms with Crippen molar-refractivity contribution >= 4 is 17.6 Å². The molecule has 0 saturated carbocycles. The number of aryl methyl sites for hydroxylation is 1. The Morgan fingerprint density at radius 2 is 2.17 bits per heavy atom. The summed E-state index contributed by atoms with van der Waals surface area (Å²) in [6.07, 6.45) is 0. The Labute approximate surface area is 101 Å². The first-order valence-electron chi connectivity index (χ1n) is 4.96. The van der Waals surface area contributed by atoms with E-state index in [0.29, 0.717) is 11.3 Å². The molecule has 0 aliphatic heterocycles. The van der Waals surface area contributed by atoms with Gasteiger partial charge in [0, 0.05) is 5.69 Å². The van der Waals surface area contributed by atoms with Crippen LogP contribution in [0.25, 0.3) is 0 Å². The van der Waals surface area contributed by atoms with Gasteiger partial charge in [-0.05, 0) is 29.8 Å². The molecule has 18 heavy (non-hydrogen) atoms. The Morgan fingerprint density at radius 3 is 2.78 bits per heavy atom. The summed E-state index contributed by atoms with van der Waals surface area (Å²) in [7, 11) is 0.